The highest BCUT2D eigenvalue weighted by Crippen LogP contribution is 2.53. The molecule has 3 aromatic rings. The van der Waals surface area contributed by atoms with Crippen LogP contribution in [-0.4, -0.2) is 10.5 Å². The second-order valence-electron chi connectivity index (χ2n) is 6.79. The fraction of sp³-hybridized carbons (Fsp3) is 0.0952. The molecule has 7 nitrogen and oxygen atoms in total. The van der Waals surface area contributed by atoms with Gasteiger partial charge in [0.05, 0.1) is 11.1 Å². The van der Waals surface area contributed by atoms with Gasteiger partial charge in [-0.1, -0.05) is 30.3 Å². The summed E-state index contributed by atoms with van der Waals surface area (Å²) in [5, 5.41) is 13.3. The number of nitrogens with zero attached hydrogens (tertiary/aromatic N) is 2. The predicted octanol–water partition coefficient (Wildman–Crippen LogP) is 1.86. The summed E-state index contributed by atoms with van der Waals surface area (Å²) in [6, 6.07) is 16.2. The zero-order valence-corrected chi connectivity index (χ0v) is 14.8. The van der Waals surface area contributed by atoms with E-state index in [1.54, 1.807) is 43.4 Å². The number of ether oxygens (including phenoxy) is 1. The summed E-state index contributed by atoms with van der Waals surface area (Å²) in [6.45, 7) is 0. The van der Waals surface area contributed by atoms with Crippen LogP contribution in [0.4, 0.5) is 5.69 Å². The molecule has 0 bridgehead atoms. The normalized spacial score (nSPS) is 19.8. The Kier molecular flexibility index (Phi) is 3.02. The van der Waals surface area contributed by atoms with E-state index in [1.165, 1.54) is 4.57 Å². The Morgan fingerprint density at radius 1 is 1.14 bits per heavy atom. The highest BCUT2D eigenvalue weighted by Gasteiger charge is 2.58. The Hall–Kier alpha value is -4.05. The SMILES string of the molecule is Cn1c(=O)c2c(c3ccccc31)OC(N)=C(C#N)C21C(=O)Nc2ccccc21. The number of fused-ring (bicyclic) bond motifs is 6. The number of aromatic nitrogens is 1. The fourth-order valence-electron chi connectivity index (χ4n) is 4.27. The average Bonchev–Trinajstić information content (AvgIpc) is 2.99. The van der Waals surface area contributed by atoms with Crippen molar-refractivity contribution in [1.82, 2.24) is 4.57 Å². The molecule has 2 aromatic carbocycles. The third-order valence-electron chi connectivity index (χ3n) is 5.50. The molecule has 1 amide bonds. The first kappa shape index (κ1) is 16.1. The number of nitrogens with one attached hydrogen (secondary N) is 1. The van der Waals surface area contributed by atoms with E-state index in [9.17, 15) is 14.9 Å². The molecule has 3 N–H and O–H groups in total. The van der Waals surface area contributed by atoms with E-state index in [0.29, 0.717) is 22.2 Å². The molecular weight excluding hydrogens is 356 g/mol. The van der Waals surface area contributed by atoms with Crippen LogP contribution < -0.4 is 21.3 Å². The van der Waals surface area contributed by atoms with E-state index in [0.717, 1.165) is 0 Å². The molecule has 0 saturated carbocycles. The molecule has 1 spiro atoms. The maximum absolute atomic E-state index is 13.4. The van der Waals surface area contributed by atoms with E-state index in [2.05, 4.69) is 5.32 Å². The number of nitriles is 1. The van der Waals surface area contributed by atoms with Crippen LogP contribution in [0.2, 0.25) is 0 Å². The molecule has 2 aliphatic heterocycles. The minimum Gasteiger partial charge on any atom is -0.439 e. The van der Waals surface area contributed by atoms with Crippen molar-refractivity contribution in [3.63, 3.8) is 0 Å². The highest BCUT2D eigenvalue weighted by atomic mass is 16.5. The first-order valence-corrected chi connectivity index (χ1v) is 8.63. The van der Waals surface area contributed by atoms with Gasteiger partial charge >= 0.3 is 0 Å². The minimum absolute atomic E-state index is 0.0881. The monoisotopic (exact) mass is 370 g/mol. The molecule has 1 aromatic heterocycles. The van der Waals surface area contributed by atoms with Gasteiger partial charge < -0.3 is 20.4 Å². The lowest BCUT2D eigenvalue weighted by molar-refractivity contribution is -0.118. The van der Waals surface area contributed by atoms with Gasteiger partial charge in [0.15, 0.2) is 5.41 Å². The fourth-order valence-corrected chi connectivity index (χ4v) is 4.27. The van der Waals surface area contributed by atoms with E-state index in [4.69, 9.17) is 10.5 Å². The predicted molar refractivity (Wildman–Crippen MR) is 102 cm³/mol. The number of amides is 1. The number of hydrogen-bond acceptors (Lipinski definition) is 5. The minimum atomic E-state index is -1.65. The zero-order valence-electron chi connectivity index (χ0n) is 14.8. The molecule has 0 aliphatic carbocycles. The van der Waals surface area contributed by atoms with Crippen molar-refractivity contribution >= 4 is 22.5 Å². The Balaban J connectivity index is 2.06. The molecule has 1 unspecified atom stereocenters. The first-order chi connectivity index (χ1) is 13.5. The van der Waals surface area contributed by atoms with Crippen LogP contribution in [0.5, 0.6) is 5.75 Å². The van der Waals surface area contributed by atoms with Gasteiger partial charge in [-0.2, -0.15) is 5.26 Å². The second kappa shape index (κ2) is 5.24. The third-order valence-corrected chi connectivity index (χ3v) is 5.50. The number of rotatable bonds is 0. The van der Waals surface area contributed by atoms with Crippen molar-refractivity contribution in [1.29, 1.82) is 5.26 Å². The topological polar surface area (TPSA) is 110 Å². The molecule has 0 radical (unpaired) electrons. The lowest BCUT2D eigenvalue weighted by Crippen LogP contribution is -2.47. The number of carbonyl (C=O) groups excluding carboxylic acids is 1. The molecule has 28 heavy (non-hydrogen) atoms. The van der Waals surface area contributed by atoms with Gasteiger partial charge in [-0.3, -0.25) is 9.59 Å². The molecule has 1 atom stereocenters. The van der Waals surface area contributed by atoms with Gasteiger partial charge in [-0.05, 0) is 18.2 Å². The molecule has 0 fully saturated rings. The lowest BCUT2D eigenvalue weighted by Gasteiger charge is -2.34. The summed E-state index contributed by atoms with van der Waals surface area (Å²) in [5.41, 5.74) is 5.74. The number of anilines is 1. The van der Waals surface area contributed by atoms with Gasteiger partial charge in [0.25, 0.3) is 5.56 Å². The van der Waals surface area contributed by atoms with Crippen LogP contribution in [0.3, 0.4) is 0 Å². The molecular formula is C21H14N4O3. The van der Waals surface area contributed by atoms with Crippen LogP contribution >= 0.6 is 0 Å². The molecule has 2 aliphatic rings. The first-order valence-electron chi connectivity index (χ1n) is 8.63. The van der Waals surface area contributed by atoms with Crippen molar-refractivity contribution in [3.05, 3.63) is 81.5 Å². The van der Waals surface area contributed by atoms with Crippen LogP contribution in [0.1, 0.15) is 11.1 Å². The van der Waals surface area contributed by atoms with Gasteiger partial charge in [0.1, 0.15) is 17.4 Å². The van der Waals surface area contributed by atoms with E-state index in [-0.39, 0.29) is 22.8 Å². The van der Waals surface area contributed by atoms with Gasteiger partial charge in [0, 0.05) is 23.7 Å². The molecule has 3 heterocycles. The van der Waals surface area contributed by atoms with Crippen molar-refractivity contribution in [2.45, 2.75) is 5.41 Å². The molecule has 7 heteroatoms. The summed E-state index contributed by atoms with van der Waals surface area (Å²) in [5.74, 6) is -0.465. The largest absolute Gasteiger partial charge is 0.439 e. The summed E-state index contributed by atoms with van der Waals surface area (Å²) in [7, 11) is 1.63. The van der Waals surface area contributed by atoms with Crippen LogP contribution in [0.15, 0.2) is 64.8 Å². The van der Waals surface area contributed by atoms with Gasteiger partial charge in [-0.15, -0.1) is 0 Å². The summed E-state index contributed by atoms with van der Waals surface area (Å²) < 4.78 is 7.24. The highest BCUT2D eigenvalue weighted by molar-refractivity contribution is 6.13. The quantitative estimate of drug-likeness (QED) is 0.628. The number of pyridine rings is 1. The Morgan fingerprint density at radius 3 is 2.64 bits per heavy atom. The van der Waals surface area contributed by atoms with E-state index in [1.807, 2.05) is 18.2 Å². The number of aryl methyl sites for hydroxylation is 1. The Labute approximate surface area is 159 Å². The van der Waals surface area contributed by atoms with Gasteiger partial charge in [-0.25, -0.2) is 0 Å². The lowest BCUT2D eigenvalue weighted by atomic mass is 9.69. The Bertz CT molecular complexity index is 1350. The van der Waals surface area contributed by atoms with Crippen molar-refractivity contribution in [2.24, 2.45) is 12.8 Å². The van der Waals surface area contributed by atoms with E-state index < -0.39 is 16.9 Å². The maximum Gasteiger partial charge on any atom is 0.259 e. The maximum atomic E-state index is 13.4. The van der Waals surface area contributed by atoms with Crippen LogP contribution in [-0.2, 0) is 17.3 Å². The van der Waals surface area contributed by atoms with Crippen LogP contribution in [0, 0.1) is 11.3 Å². The zero-order chi connectivity index (χ0) is 19.6. The number of benzene rings is 2. The summed E-state index contributed by atoms with van der Waals surface area (Å²) in [6.07, 6.45) is 0. The van der Waals surface area contributed by atoms with Crippen molar-refractivity contribution in [2.75, 3.05) is 5.32 Å². The smallest absolute Gasteiger partial charge is 0.259 e. The summed E-state index contributed by atoms with van der Waals surface area (Å²) in [4.78, 5) is 26.8. The van der Waals surface area contributed by atoms with Crippen molar-refractivity contribution in [3.8, 4) is 11.8 Å². The van der Waals surface area contributed by atoms with Gasteiger partial charge in [0.2, 0.25) is 11.8 Å². The number of nitrogens with two attached hydrogens (primary N) is 1. The second-order valence-corrected chi connectivity index (χ2v) is 6.79. The molecule has 136 valence electrons. The number of para-hydroxylation sites is 2. The summed E-state index contributed by atoms with van der Waals surface area (Å²) >= 11 is 0. The van der Waals surface area contributed by atoms with Crippen LogP contribution in [0.25, 0.3) is 10.9 Å². The van der Waals surface area contributed by atoms with Crippen molar-refractivity contribution < 1.29 is 9.53 Å². The molecule has 0 saturated heterocycles. The standard InChI is InChI=1S/C21H14N4O3/c1-25-15-9-5-2-6-11(15)17-16(19(25)26)21(13(10-22)18(23)28-17)12-7-3-4-8-14(12)24-20(21)27/h2-9H,23H2,1H3,(H,24,27). The average molecular weight is 370 g/mol. The third kappa shape index (κ3) is 1.67. The number of hydrogen-bond donors (Lipinski definition) is 2. The number of carbonyl (C=O) groups is 1. The van der Waals surface area contributed by atoms with E-state index >= 15 is 0 Å². The Morgan fingerprint density at radius 2 is 1.86 bits per heavy atom. The molecule has 5 rings (SSSR count).